The van der Waals surface area contributed by atoms with Crippen LogP contribution in [0.5, 0.6) is 11.5 Å². The maximum absolute atomic E-state index is 13.6. The zero-order valence-corrected chi connectivity index (χ0v) is 33.2. The van der Waals surface area contributed by atoms with Crippen LogP contribution in [0.2, 0.25) is 0 Å². The van der Waals surface area contributed by atoms with Gasteiger partial charge in [0.25, 0.3) is 0 Å². The van der Waals surface area contributed by atoms with Crippen LogP contribution in [0.15, 0.2) is 97.1 Å². The molecule has 0 spiro atoms. The second-order valence-electron chi connectivity index (χ2n) is 14.0. The van der Waals surface area contributed by atoms with Gasteiger partial charge in [-0.05, 0) is 97.7 Å². The van der Waals surface area contributed by atoms with Gasteiger partial charge >= 0.3 is 12.2 Å². The summed E-state index contributed by atoms with van der Waals surface area (Å²) in [5.41, 5.74) is 6.05. The van der Waals surface area contributed by atoms with Crippen LogP contribution < -0.4 is 19.3 Å². The molecule has 4 rings (SSSR count). The lowest BCUT2D eigenvalue weighted by molar-refractivity contribution is 0.0757. The molecule has 290 valence electrons. The van der Waals surface area contributed by atoms with E-state index in [0.29, 0.717) is 39.0 Å². The highest BCUT2D eigenvalue weighted by Gasteiger charge is 2.21. The number of ether oxygens (including phenoxy) is 4. The Morgan fingerprint density at radius 2 is 0.889 bits per heavy atom. The Hall–Kier alpha value is -5.42. The van der Waals surface area contributed by atoms with Gasteiger partial charge in [0, 0.05) is 71.8 Å². The largest absolute Gasteiger partial charge is 0.497 e. The van der Waals surface area contributed by atoms with Crippen molar-refractivity contribution in [2.75, 3.05) is 79.5 Å². The lowest BCUT2D eigenvalue weighted by atomic mass is 10.1. The highest BCUT2D eigenvalue weighted by atomic mass is 16.6. The van der Waals surface area contributed by atoms with Gasteiger partial charge < -0.3 is 33.6 Å². The van der Waals surface area contributed by atoms with Crippen LogP contribution in [0, 0.1) is 0 Å². The summed E-state index contributed by atoms with van der Waals surface area (Å²) in [5, 5.41) is 0. The Bertz CT molecular complexity index is 1620. The van der Waals surface area contributed by atoms with Gasteiger partial charge in [0.05, 0.1) is 27.4 Å². The van der Waals surface area contributed by atoms with Crippen LogP contribution in [-0.2, 0) is 35.7 Å². The topological polar surface area (TPSA) is 87.3 Å². The Kier molecular flexibility index (Phi) is 15.9. The van der Waals surface area contributed by atoms with E-state index < -0.39 is 12.2 Å². The first kappa shape index (κ1) is 41.3. The van der Waals surface area contributed by atoms with Crippen molar-refractivity contribution >= 4 is 23.6 Å². The molecule has 2 amide bonds. The molecule has 0 radical (unpaired) electrons. The van der Waals surface area contributed by atoms with Crippen molar-refractivity contribution in [1.82, 2.24) is 14.7 Å². The lowest BCUT2D eigenvalue weighted by Gasteiger charge is -2.27. The molecule has 0 unspecified atom stereocenters. The minimum atomic E-state index is -0.398. The molecule has 4 aromatic rings. The molecule has 0 aliphatic carbocycles. The first-order chi connectivity index (χ1) is 25.9. The van der Waals surface area contributed by atoms with Crippen LogP contribution in [0.4, 0.5) is 21.0 Å². The molecular weight excluding hydrogens is 683 g/mol. The average Bonchev–Trinajstić information content (AvgIpc) is 3.17. The molecule has 11 nitrogen and oxygen atoms in total. The predicted octanol–water partition coefficient (Wildman–Crippen LogP) is 7.52. The highest BCUT2D eigenvalue weighted by Crippen LogP contribution is 2.21. The number of nitrogens with zero attached hydrogens (tertiary/aromatic N) is 5. The molecular formula is C43H57N5O6. The number of anilines is 2. The zero-order chi connectivity index (χ0) is 39.0. The molecule has 0 saturated heterocycles. The second kappa shape index (κ2) is 20.7. The summed E-state index contributed by atoms with van der Waals surface area (Å²) >= 11 is 0. The number of methoxy groups -OCH3 is 2. The molecule has 4 aromatic carbocycles. The predicted molar refractivity (Wildman–Crippen MR) is 215 cm³/mol. The van der Waals surface area contributed by atoms with Crippen molar-refractivity contribution in [3.05, 3.63) is 119 Å². The van der Waals surface area contributed by atoms with Crippen LogP contribution in [-0.4, -0.2) is 103 Å². The molecule has 54 heavy (non-hydrogen) atoms. The van der Waals surface area contributed by atoms with Crippen molar-refractivity contribution in [3.63, 3.8) is 0 Å². The van der Waals surface area contributed by atoms with Crippen molar-refractivity contribution in [2.45, 2.75) is 45.1 Å². The quantitative estimate of drug-likeness (QED) is 0.0970. The zero-order valence-electron chi connectivity index (χ0n) is 33.2. The van der Waals surface area contributed by atoms with Crippen molar-refractivity contribution < 1.29 is 28.5 Å². The normalized spacial score (nSPS) is 10.9. The van der Waals surface area contributed by atoms with Crippen LogP contribution in [0.3, 0.4) is 0 Å². The molecule has 0 N–H and O–H groups in total. The Morgan fingerprint density at radius 3 is 1.22 bits per heavy atom. The monoisotopic (exact) mass is 739 g/mol. The summed E-state index contributed by atoms with van der Waals surface area (Å²) in [6.07, 6.45) is 0.356. The fraction of sp³-hybridized carbons (Fsp3) is 0.395. The Morgan fingerprint density at radius 1 is 0.519 bits per heavy atom. The molecule has 0 bridgehead atoms. The van der Waals surface area contributed by atoms with E-state index >= 15 is 0 Å². The van der Waals surface area contributed by atoms with Gasteiger partial charge in [-0.15, -0.1) is 0 Å². The van der Waals surface area contributed by atoms with Gasteiger partial charge in [-0.1, -0.05) is 48.5 Å². The first-order valence-corrected chi connectivity index (χ1v) is 18.2. The summed E-state index contributed by atoms with van der Waals surface area (Å²) in [5.74, 6) is 1.46. The third-order valence-corrected chi connectivity index (χ3v) is 9.27. The summed E-state index contributed by atoms with van der Waals surface area (Å²) in [4.78, 5) is 36.7. The van der Waals surface area contributed by atoms with Gasteiger partial charge in [0.2, 0.25) is 0 Å². The van der Waals surface area contributed by atoms with Gasteiger partial charge in [-0.3, -0.25) is 9.80 Å². The van der Waals surface area contributed by atoms with Gasteiger partial charge in [0.1, 0.15) is 11.5 Å². The van der Waals surface area contributed by atoms with Crippen LogP contribution in [0.25, 0.3) is 0 Å². The molecule has 0 aliphatic heterocycles. The number of amides is 2. The molecule has 0 saturated carbocycles. The molecule has 0 aliphatic rings. The van der Waals surface area contributed by atoms with Gasteiger partial charge in [-0.25, -0.2) is 9.59 Å². The van der Waals surface area contributed by atoms with Gasteiger partial charge in [-0.2, -0.15) is 0 Å². The van der Waals surface area contributed by atoms with Crippen molar-refractivity contribution in [3.8, 4) is 11.5 Å². The van der Waals surface area contributed by atoms with E-state index in [1.54, 1.807) is 24.0 Å². The smallest absolute Gasteiger partial charge is 0.410 e. The van der Waals surface area contributed by atoms with E-state index in [0.717, 1.165) is 45.1 Å². The number of hydrogen-bond donors (Lipinski definition) is 0. The number of benzene rings is 4. The molecule has 11 heteroatoms. The minimum absolute atomic E-state index is 0.0152. The van der Waals surface area contributed by atoms with E-state index in [-0.39, 0.29) is 19.3 Å². The third kappa shape index (κ3) is 12.9. The SMILES string of the molecule is COc1cccc(CN(Cc2ccc(N(C)C)cc2)C(=O)OCCC(CCOC(=O)N(Cc2ccc(N(C)C)cc2)Cc2cccc(OC)c2)N(C)C)c1. The van der Waals surface area contributed by atoms with Crippen LogP contribution in [0.1, 0.15) is 35.1 Å². The first-order valence-electron chi connectivity index (χ1n) is 18.2. The Labute approximate surface area is 321 Å². The molecule has 0 fully saturated rings. The van der Waals surface area contributed by atoms with Crippen LogP contribution >= 0.6 is 0 Å². The van der Waals surface area contributed by atoms with Crippen molar-refractivity contribution in [2.24, 2.45) is 0 Å². The minimum Gasteiger partial charge on any atom is -0.497 e. The van der Waals surface area contributed by atoms with E-state index in [1.165, 1.54) is 0 Å². The maximum atomic E-state index is 13.6. The fourth-order valence-electron chi connectivity index (χ4n) is 6.00. The van der Waals surface area contributed by atoms with Crippen molar-refractivity contribution in [1.29, 1.82) is 0 Å². The van der Waals surface area contributed by atoms with Gasteiger partial charge in [0.15, 0.2) is 0 Å². The summed E-state index contributed by atoms with van der Waals surface area (Å²) in [6.45, 7) is 1.95. The number of carbonyl (C=O) groups is 2. The maximum Gasteiger partial charge on any atom is 0.410 e. The number of carbonyl (C=O) groups excluding carboxylic acids is 2. The highest BCUT2D eigenvalue weighted by molar-refractivity contribution is 5.68. The number of hydrogen-bond acceptors (Lipinski definition) is 9. The third-order valence-electron chi connectivity index (χ3n) is 9.27. The molecule has 0 heterocycles. The van der Waals surface area contributed by atoms with E-state index in [1.807, 2.05) is 149 Å². The summed E-state index contributed by atoms with van der Waals surface area (Å²) in [7, 11) is 15.2. The molecule has 0 atom stereocenters. The second-order valence-corrected chi connectivity index (χ2v) is 14.0. The summed E-state index contributed by atoms with van der Waals surface area (Å²) < 4.78 is 22.6. The summed E-state index contributed by atoms with van der Waals surface area (Å²) in [6, 6.07) is 31.7. The van der Waals surface area contributed by atoms with E-state index in [2.05, 4.69) is 4.90 Å². The fourth-order valence-corrected chi connectivity index (χ4v) is 6.00. The molecule has 0 aromatic heterocycles. The lowest BCUT2D eigenvalue weighted by Crippen LogP contribution is -2.35. The van der Waals surface area contributed by atoms with E-state index in [9.17, 15) is 9.59 Å². The number of rotatable bonds is 19. The average molecular weight is 740 g/mol. The van der Waals surface area contributed by atoms with E-state index in [4.69, 9.17) is 18.9 Å². The standard InChI is InChI=1S/C43H57N5O6/c1-44(2)37-19-15-33(16-20-37)29-47(31-35-11-9-13-40(27-35)51-7)42(49)53-25-23-39(46(5)6)24-26-54-43(50)48(32-36-12-10-14-41(28-36)52-8)30-34-17-21-38(22-18-34)45(3)4/h9-22,27-28,39H,23-26,29-32H2,1-8H3. The Balaban J connectivity index is 1.36.